The van der Waals surface area contributed by atoms with E-state index in [9.17, 15) is 0 Å². The van der Waals surface area contributed by atoms with Crippen LogP contribution in [0.4, 0.5) is 0 Å². The fraction of sp³-hybridized carbons (Fsp3) is 0.176. The highest BCUT2D eigenvalue weighted by Gasteiger charge is 2.19. The van der Waals surface area contributed by atoms with Gasteiger partial charge in [0.2, 0.25) is 0 Å². The Morgan fingerprint density at radius 3 is 2.68 bits per heavy atom. The molecule has 1 aliphatic rings. The van der Waals surface area contributed by atoms with Crippen molar-refractivity contribution >= 4 is 26.8 Å². The summed E-state index contributed by atoms with van der Waals surface area (Å²) in [5.74, 6) is 0. The van der Waals surface area contributed by atoms with Crippen molar-refractivity contribution in [3.05, 3.63) is 58.1 Å². The number of benzene rings is 2. The van der Waals surface area contributed by atoms with Crippen LogP contribution in [0.3, 0.4) is 0 Å². The Kier molecular flexibility index (Phi) is 2.52. The molecule has 0 atom stereocenters. The van der Waals surface area contributed by atoms with Gasteiger partial charge in [0.15, 0.2) is 0 Å². The molecule has 1 aromatic heterocycles. The van der Waals surface area contributed by atoms with Crippen LogP contribution in [-0.4, -0.2) is 4.98 Å². The average molecular weight is 312 g/mol. The Bertz CT molecular complexity index is 756. The molecule has 0 radical (unpaired) electrons. The second-order valence-electron chi connectivity index (χ2n) is 5.19. The molecular formula is C17H14BrN. The molecule has 0 saturated heterocycles. The topological polar surface area (TPSA) is 15.8 Å². The monoisotopic (exact) mass is 311 g/mol. The van der Waals surface area contributed by atoms with Crippen LogP contribution in [0.15, 0.2) is 46.9 Å². The lowest BCUT2D eigenvalue weighted by Gasteiger charge is -2.13. The minimum Gasteiger partial charge on any atom is -0.354 e. The van der Waals surface area contributed by atoms with Crippen molar-refractivity contribution in [2.75, 3.05) is 0 Å². The summed E-state index contributed by atoms with van der Waals surface area (Å²) >= 11 is 3.62. The zero-order valence-electron chi connectivity index (χ0n) is 10.5. The lowest BCUT2D eigenvalue weighted by atomic mass is 9.90. The highest BCUT2D eigenvalue weighted by Crippen LogP contribution is 2.38. The second-order valence-corrected chi connectivity index (χ2v) is 6.10. The standard InChI is InChI=1S/C17H14BrN/c18-13-9-12-7-4-8-14-16(12)15(10-13)19-17(14)11-5-2-1-3-6-11/h1-3,5-6,9-10,19H,4,7-8H2. The van der Waals surface area contributed by atoms with Gasteiger partial charge in [0.1, 0.15) is 0 Å². The van der Waals surface area contributed by atoms with Gasteiger partial charge in [-0.15, -0.1) is 0 Å². The van der Waals surface area contributed by atoms with Gasteiger partial charge in [-0.1, -0.05) is 46.3 Å². The summed E-state index contributed by atoms with van der Waals surface area (Å²) in [5, 5.41) is 1.45. The number of halogens is 1. The first-order valence-corrected chi connectivity index (χ1v) is 7.50. The quantitative estimate of drug-likeness (QED) is 0.644. The van der Waals surface area contributed by atoms with Crippen LogP contribution in [0.2, 0.25) is 0 Å². The van der Waals surface area contributed by atoms with Crippen molar-refractivity contribution in [2.24, 2.45) is 0 Å². The van der Waals surface area contributed by atoms with E-state index in [2.05, 4.69) is 63.4 Å². The minimum absolute atomic E-state index is 1.17. The Hall–Kier alpha value is -1.54. The zero-order chi connectivity index (χ0) is 12.8. The number of hydrogen-bond acceptors (Lipinski definition) is 0. The predicted molar refractivity (Wildman–Crippen MR) is 83.5 cm³/mol. The molecule has 1 N–H and O–H groups in total. The van der Waals surface area contributed by atoms with Crippen molar-refractivity contribution in [1.29, 1.82) is 0 Å². The molecule has 0 aliphatic heterocycles. The van der Waals surface area contributed by atoms with Gasteiger partial charge < -0.3 is 4.98 Å². The third-order valence-electron chi connectivity index (χ3n) is 3.98. The summed E-state index contributed by atoms with van der Waals surface area (Å²) in [7, 11) is 0. The molecule has 1 heterocycles. The maximum Gasteiger partial charge on any atom is 0.0497 e. The summed E-state index contributed by atoms with van der Waals surface area (Å²) in [6.07, 6.45) is 3.62. The fourth-order valence-electron chi connectivity index (χ4n) is 3.21. The predicted octanol–water partition coefficient (Wildman–Crippen LogP) is 5.09. The van der Waals surface area contributed by atoms with Crippen LogP contribution < -0.4 is 0 Å². The maximum atomic E-state index is 3.62. The van der Waals surface area contributed by atoms with Crippen LogP contribution in [0.5, 0.6) is 0 Å². The number of nitrogens with one attached hydrogen (secondary N) is 1. The van der Waals surface area contributed by atoms with Gasteiger partial charge in [-0.2, -0.15) is 0 Å². The average Bonchev–Trinajstić information content (AvgIpc) is 2.80. The van der Waals surface area contributed by atoms with E-state index in [1.165, 1.54) is 57.0 Å². The maximum absolute atomic E-state index is 3.62. The summed E-state index contributed by atoms with van der Waals surface area (Å²) in [5.41, 5.74) is 6.82. The van der Waals surface area contributed by atoms with Gasteiger partial charge in [0.25, 0.3) is 0 Å². The molecule has 0 unspecified atom stereocenters. The van der Waals surface area contributed by atoms with Gasteiger partial charge in [-0.05, 0) is 48.1 Å². The highest BCUT2D eigenvalue weighted by atomic mass is 79.9. The lowest BCUT2D eigenvalue weighted by molar-refractivity contribution is 0.810. The van der Waals surface area contributed by atoms with E-state index in [1.54, 1.807) is 0 Å². The van der Waals surface area contributed by atoms with Gasteiger partial charge in [-0.25, -0.2) is 0 Å². The van der Waals surface area contributed by atoms with Crippen molar-refractivity contribution in [2.45, 2.75) is 19.3 Å². The van der Waals surface area contributed by atoms with Crippen LogP contribution in [0, 0.1) is 0 Å². The van der Waals surface area contributed by atoms with Gasteiger partial charge in [-0.3, -0.25) is 0 Å². The molecule has 4 rings (SSSR count). The zero-order valence-corrected chi connectivity index (χ0v) is 12.1. The Balaban J connectivity index is 2.07. The van der Waals surface area contributed by atoms with Crippen molar-refractivity contribution in [1.82, 2.24) is 4.98 Å². The van der Waals surface area contributed by atoms with Crippen molar-refractivity contribution < 1.29 is 0 Å². The molecule has 0 amide bonds. The molecule has 0 spiro atoms. The smallest absolute Gasteiger partial charge is 0.0497 e. The number of H-pyrrole nitrogens is 1. The summed E-state index contributed by atoms with van der Waals surface area (Å²) in [6, 6.07) is 15.1. The largest absolute Gasteiger partial charge is 0.354 e. The highest BCUT2D eigenvalue weighted by molar-refractivity contribution is 9.10. The van der Waals surface area contributed by atoms with E-state index in [0.717, 1.165) is 0 Å². The number of aromatic nitrogens is 1. The molecule has 2 heteroatoms. The van der Waals surface area contributed by atoms with E-state index in [0.29, 0.717) is 0 Å². The van der Waals surface area contributed by atoms with Crippen LogP contribution in [-0.2, 0) is 12.8 Å². The number of rotatable bonds is 1. The van der Waals surface area contributed by atoms with Crippen molar-refractivity contribution in [3.63, 3.8) is 0 Å². The normalized spacial score (nSPS) is 13.9. The molecule has 0 bridgehead atoms. The Morgan fingerprint density at radius 2 is 1.84 bits per heavy atom. The molecule has 94 valence electrons. The SMILES string of the molecule is Brc1cc2c3c(c(-c4ccccc4)[nH]c3c1)CCC2. The summed E-state index contributed by atoms with van der Waals surface area (Å²) in [6.45, 7) is 0. The third-order valence-corrected chi connectivity index (χ3v) is 4.44. The van der Waals surface area contributed by atoms with Crippen molar-refractivity contribution in [3.8, 4) is 11.3 Å². The molecule has 0 saturated carbocycles. The first kappa shape index (κ1) is 11.3. The summed E-state index contributed by atoms with van der Waals surface area (Å²) < 4.78 is 1.17. The Morgan fingerprint density at radius 1 is 1.00 bits per heavy atom. The molecule has 3 aromatic rings. The molecular weight excluding hydrogens is 298 g/mol. The van der Waals surface area contributed by atoms with Gasteiger partial charge >= 0.3 is 0 Å². The van der Waals surface area contributed by atoms with E-state index in [1.807, 2.05) is 0 Å². The van der Waals surface area contributed by atoms with E-state index in [-0.39, 0.29) is 0 Å². The number of hydrogen-bond donors (Lipinski definition) is 1. The Labute approximate surface area is 120 Å². The summed E-state index contributed by atoms with van der Waals surface area (Å²) in [4.78, 5) is 3.62. The lowest BCUT2D eigenvalue weighted by Crippen LogP contribution is -1.99. The first-order chi connectivity index (χ1) is 9.33. The van der Waals surface area contributed by atoms with E-state index >= 15 is 0 Å². The molecule has 0 fully saturated rings. The van der Waals surface area contributed by atoms with Crippen LogP contribution in [0.1, 0.15) is 17.5 Å². The second kappa shape index (κ2) is 4.24. The van der Waals surface area contributed by atoms with Gasteiger partial charge in [0, 0.05) is 21.1 Å². The number of aromatic amines is 1. The number of aryl methyl sites for hydroxylation is 2. The molecule has 1 aliphatic carbocycles. The van der Waals surface area contributed by atoms with E-state index < -0.39 is 0 Å². The molecule has 1 nitrogen and oxygen atoms in total. The van der Waals surface area contributed by atoms with Crippen LogP contribution in [0.25, 0.3) is 22.2 Å². The molecule has 19 heavy (non-hydrogen) atoms. The third kappa shape index (κ3) is 1.74. The van der Waals surface area contributed by atoms with Gasteiger partial charge in [0.05, 0.1) is 0 Å². The first-order valence-electron chi connectivity index (χ1n) is 6.71. The minimum atomic E-state index is 1.17. The van der Waals surface area contributed by atoms with Crippen LogP contribution >= 0.6 is 15.9 Å². The fourth-order valence-corrected chi connectivity index (χ4v) is 3.71. The van der Waals surface area contributed by atoms with E-state index in [4.69, 9.17) is 0 Å². The molecule has 2 aromatic carbocycles.